The molecule has 1 saturated heterocycles. The zero-order chi connectivity index (χ0) is 21.6. The molecule has 5 rings (SSSR count). The van der Waals surface area contributed by atoms with Gasteiger partial charge in [-0.15, -0.1) is 0 Å². The van der Waals surface area contributed by atoms with Gasteiger partial charge in [0.15, 0.2) is 0 Å². The fraction of sp³-hybridized carbons (Fsp3) is 0.261. The Morgan fingerprint density at radius 1 is 1.16 bits per heavy atom. The Balaban J connectivity index is 1.36. The highest BCUT2D eigenvalue weighted by atomic mass is 32.2. The second kappa shape index (κ2) is 7.62. The van der Waals surface area contributed by atoms with Gasteiger partial charge < -0.3 is 4.57 Å². The average molecular weight is 439 g/mol. The van der Waals surface area contributed by atoms with Crippen molar-refractivity contribution in [1.82, 2.24) is 19.1 Å². The Kier molecular flexibility index (Phi) is 4.91. The van der Waals surface area contributed by atoms with Crippen molar-refractivity contribution in [2.45, 2.75) is 30.8 Å². The SMILES string of the molecule is CC1CC(Cn2ccc3cc(-c4cn[nH]c4)ccc32)CN1S(=O)(=O)c1cccc(F)c1. The van der Waals surface area contributed by atoms with Crippen molar-refractivity contribution < 1.29 is 12.8 Å². The topological polar surface area (TPSA) is 71.0 Å². The maximum atomic E-state index is 13.6. The lowest BCUT2D eigenvalue weighted by Crippen LogP contribution is -2.34. The normalized spacial score (nSPS) is 19.9. The second-order valence-corrected chi connectivity index (χ2v) is 10.1. The number of hydrogen-bond acceptors (Lipinski definition) is 3. The molecule has 2 unspecified atom stereocenters. The van der Waals surface area contributed by atoms with Crippen LogP contribution in [-0.2, 0) is 16.6 Å². The molecule has 31 heavy (non-hydrogen) atoms. The molecule has 0 spiro atoms. The summed E-state index contributed by atoms with van der Waals surface area (Å²) >= 11 is 0. The summed E-state index contributed by atoms with van der Waals surface area (Å²) in [6.45, 7) is 3.07. The van der Waals surface area contributed by atoms with E-state index in [9.17, 15) is 12.8 Å². The molecular weight excluding hydrogens is 415 g/mol. The summed E-state index contributed by atoms with van der Waals surface area (Å²) in [5.41, 5.74) is 3.25. The molecule has 0 bridgehead atoms. The van der Waals surface area contributed by atoms with Crippen LogP contribution in [0.4, 0.5) is 4.39 Å². The molecule has 0 saturated carbocycles. The number of nitrogens with zero attached hydrogens (tertiary/aromatic N) is 3. The number of hydrogen-bond donors (Lipinski definition) is 1. The van der Waals surface area contributed by atoms with Gasteiger partial charge in [0.25, 0.3) is 0 Å². The molecule has 1 aliphatic rings. The molecule has 0 amide bonds. The molecule has 0 aliphatic carbocycles. The van der Waals surface area contributed by atoms with Gasteiger partial charge in [-0.3, -0.25) is 5.10 Å². The van der Waals surface area contributed by atoms with Crippen LogP contribution in [0.2, 0.25) is 0 Å². The summed E-state index contributed by atoms with van der Waals surface area (Å²) in [7, 11) is -3.72. The standard InChI is InChI=1S/C23H23FN4O2S/c1-16-9-17(15-28(16)31(29,30)22-4-2-3-21(24)11-22)14-27-8-7-19-10-18(5-6-23(19)27)20-12-25-26-13-20/h2-8,10-13,16-17H,9,14-15H2,1H3,(H,25,26). The maximum absolute atomic E-state index is 13.6. The molecule has 160 valence electrons. The highest BCUT2D eigenvalue weighted by Crippen LogP contribution is 2.32. The number of halogens is 1. The van der Waals surface area contributed by atoms with E-state index in [0.29, 0.717) is 6.54 Å². The highest BCUT2D eigenvalue weighted by Gasteiger charge is 2.38. The minimum absolute atomic E-state index is 0.0122. The predicted octanol–water partition coefficient (Wildman–Crippen LogP) is 4.27. The summed E-state index contributed by atoms with van der Waals surface area (Å²) in [5.74, 6) is -0.361. The zero-order valence-electron chi connectivity index (χ0n) is 17.1. The van der Waals surface area contributed by atoms with E-state index in [1.807, 2.05) is 13.1 Å². The third kappa shape index (κ3) is 3.66. The van der Waals surface area contributed by atoms with Crippen LogP contribution in [0.5, 0.6) is 0 Å². The Morgan fingerprint density at radius 2 is 2.03 bits per heavy atom. The van der Waals surface area contributed by atoms with Gasteiger partial charge in [0.2, 0.25) is 10.0 Å². The lowest BCUT2D eigenvalue weighted by atomic mass is 10.1. The van der Waals surface area contributed by atoms with Crippen LogP contribution in [0.15, 0.2) is 72.0 Å². The number of aromatic amines is 1. The number of aromatic nitrogens is 3. The van der Waals surface area contributed by atoms with Crippen molar-refractivity contribution in [2.75, 3.05) is 6.54 Å². The number of benzene rings is 2. The van der Waals surface area contributed by atoms with E-state index in [1.165, 1.54) is 22.5 Å². The van der Waals surface area contributed by atoms with Crippen LogP contribution >= 0.6 is 0 Å². The first-order valence-corrected chi connectivity index (χ1v) is 11.7. The van der Waals surface area contributed by atoms with Crippen molar-refractivity contribution in [3.05, 3.63) is 72.9 Å². The Bertz CT molecular complexity index is 1330. The van der Waals surface area contributed by atoms with E-state index < -0.39 is 15.8 Å². The summed E-state index contributed by atoms with van der Waals surface area (Å²) in [6, 6.07) is 13.5. The van der Waals surface area contributed by atoms with Gasteiger partial charge in [0, 0.05) is 48.0 Å². The van der Waals surface area contributed by atoms with Crippen molar-refractivity contribution in [2.24, 2.45) is 5.92 Å². The van der Waals surface area contributed by atoms with Gasteiger partial charge in [-0.2, -0.15) is 9.40 Å². The molecule has 6 nitrogen and oxygen atoms in total. The molecule has 0 radical (unpaired) electrons. The summed E-state index contributed by atoms with van der Waals surface area (Å²) < 4.78 is 43.4. The first-order valence-electron chi connectivity index (χ1n) is 10.3. The van der Waals surface area contributed by atoms with Gasteiger partial charge in [-0.1, -0.05) is 12.1 Å². The van der Waals surface area contributed by atoms with Crippen molar-refractivity contribution in [1.29, 1.82) is 0 Å². The lowest BCUT2D eigenvalue weighted by Gasteiger charge is -2.21. The van der Waals surface area contributed by atoms with Crippen molar-refractivity contribution >= 4 is 20.9 Å². The largest absolute Gasteiger partial charge is 0.347 e. The lowest BCUT2D eigenvalue weighted by molar-refractivity contribution is 0.399. The van der Waals surface area contributed by atoms with E-state index in [2.05, 4.69) is 45.2 Å². The molecule has 1 fully saturated rings. The molecule has 1 N–H and O–H groups in total. The fourth-order valence-electron chi connectivity index (χ4n) is 4.56. The zero-order valence-corrected chi connectivity index (χ0v) is 17.9. The van der Waals surface area contributed by atoms with E-state index in [1.54, 1.807) is 6.20 Å². The molecule has 2 aromatic heterocycles. The fourth-order valence-corrected chi connectivity index (χ4v) is 6.31. The quantitative estimate of drug-likeness (QED) is 0.506. The van der Waals surface area contributed by atoms with Gasteiger partial charge in [-0.25, -0.2) is 12.8 Å². The molecule has 2 aromatic carbocycles. The van der Waals surface area contributed by atoms with Crippen LogP contribution in [0.3, 0.4) is 0 Å². The number of nitrogens with one attached hydrogen (secondary N) is 1. The van der Waals surface area contributed by atoms with E-state index >= 15 is 0 Å². The van der Waals surface area contributed by atoms with Crippen LogP contribution < -0.4 is 0 Å². The van der Waals surface area contributed by atoms with Gasteiger partial charge in [-0.05, 0) is 61.2 Å². The molecule has 4 aromatic rings. The van der Waals surface area contributed by atoms with Gasteiger partial charge >= 0.3 is 0 Å². The van der Waals surface area contributed by atoms with Gasteiger partial charge in [0.05, 0.1) is 11.1 Å². The summed E-state index contributed by atoms with van der Waals surface area (Å²) in [6.07, 6.45) is 6.48. The third-order valence-electron chi connectivity index (χ3n) is 6.06. The Morgan fingerprint density at radius 3 is 2.81 bits per heavy atom. The van der Waals surface area contributed by atoms with E-state index in [0.717, 1.165) is 41.1 Å². The number of H-pyrrole nitrogens is 1. The van der Waals surface area contributed by atoms with Crippen LogP contribution in [-0.4, -0.2) is 40.1 Å². The minimum Gasteiger partial charge on any atom is -0.347 e. The number of fused-ring (bicyclic) bond motifs is 1. The molecule has 1 aliphatic heterocycles. The van der Waals surface area contributed by atoms with Crippen molar-refractivity contribution in [3.63, 3.8) is 0 Å². The molecule has 2 atom stereocenters. The summed E-state index contributed by atoms with van der Waals surface area (Å²) in [5, 5.41) is 7.98. The maximum Gasteiger partial charge on any atom is 0.243 e. The van der Waals surface area contributed by atoms with Gasteiger partial charge in [0.1, 0.15) is 5.82 Å². The highest BCUT2D eigenvalue weighted by molar-refractivity contribution is 7.89. The first-order chi connectivity index (χ1) is 14.9. The predicted molar refractivity (Wildman–Crippen MR) is 117 cm³/mol. The Hall–Kier alpha value is -2.97. The number of rotatable bonds is 5. The van der Waals surface area contributed by atoms with Crippen molar-refractivity contribution in [3.8, 4) is 11.1 Å². The van der Waals surface area contributed by atoms with E-state index in [-0.39, 0.29) is 16.9 Å². The first kappa shape index (κ1) is 20.0. The average Bonchev–Trinajstić information content (AvgIpc) is 3.49. The Labute approximate surface area is 180 Å². The van der Waals surface area contributed by atoms with Crippen LogP contribution in [0, 0.1) is 11.7 Å². The smallest absolute Gasteiger partial charge is 0.243 e. The molecule has 3 heterocycles. The van der Waals surface area contributed by atoms with E-state index in [4.69, 9.17) is 0 Å². The monoisotopic (exact) mass is 438 g/mol. The third-order valence-corrected chi connectivity index (χ3v) is 8.04. The molecular formula is C23H23FN4O2S. The van der Waals surface area contributed by atoms with Crippen LogP contribution in [0.1, 0.15) is 13.3 Å². The summed E-state index contributed by atoms with van der Waals surface area (Å²) in [4.78, 5) is 0.0122. The van der Waals surface area contributed by atoms with Crippen LogP contribution in [0.25, 0.3) is 22.0 Å². The second-order valence-electron chi connectivity index (χ2n) is 8.21. The minimum atomic E-state index is -3.72. The number of sulfonamides is 1. The molecule has 8 heteroatoms.